The lowest BCUT2D eigenvalue weighted by Gasteiger charge is -2.12. The summed E-state index contributed by atoms with van der Waals surface area (Å²) in [5, 5.41) is 0. The largest absolute Gasteiger partial charge is 0.496 e. The molecule has 0 saturated heterocycles. The van der Waals surface area contributed by atoms with Crippen molar-refractivity contribution in [3.05, 3.63) is 33.0 Å². The molecule has 0 radical (unpaired) electrons. The number of aromatic nitrogens is 2. The van der Waals surface area contributed by atoms with Gasteiger partial charge in [0.1, 0.15) is 23.6 Å². The Bertz CT molecular complexity index is 620. The van der Waals surface area contributed by atoms with Gasteiger partial charge in [0.25, 0.3) is 0 Å². The van der Waals surface area contributed by atoms with Gasteiger partial charge in [-0.05, 0) is 50.9 Å². The second kappa shape index (κ2) is 5.75. The zero-order valence-electron chi connectivity index (χ0n) is 10.3. The van der Waals surface area contributed by atoms with Crippen molar-refractivity contribution in [1.29, 1.82) is 0 Å². The molecule has 2 aromatic rings. The van der Waals surface area contributed by atoms with E-state index in [9.17, 15) is 0 Å². The molecule has 1 aromatic carbocycles. The van der Waals surface area contributed by atoms with E-state index in [0.717, 1.165) is 8.95 Å². The number of nitrogens with two attached hydrogens (primary N) is 1. The summed E-state index contributed by atoms with van der Waals surface area (Å²) in [6.07, 6.45) is 1.37. The summed E-state index contributed by atoms with van der Waals surface area (Å²) in [7, 11) is 1.60. The van der Waals surface area contributed by atoms with Crippen LogP contribution in [0.5, 0.6) is 17.4 Å². The smallest absolute Gasteiger partial charge is 0.227 e. The molecule has 0 atom stereocenters. The lowest BCUT2D eigenvalue weighted by molar-refractivity contribution is 0.408. The van der Waals surface area contributed by atoms with E-state index < -0.39 is 0 Å². The number of hydrogen-bond donors (Lipinski definition) is 1. The van der Waals surface area contributed by atoms with Crippen LogP contribution in [0.25, 0.3) is 0 Å². The van der Waals surface area contributed by atoms with Crippen LogP contribution in [-0.4, -0.2) is 17.1 Å². The first kappa shape index (κ1) is 14.1. The van der Waals surface area contributed by atoms with E-state index in [1.54, 1.807) is 26.2 Å². The Morgan fingerprint density at radius 2 is 1.74 bits per heavy atom. The van der Waals surface area contributed by atoms with Crippen molar-refractivity contribution in [1.82, 2.24) is 9.97 Å². The number of hydrogen-bond acceptors (Lipinski definition) is 5. The third kappa shape index (κ3) is 2.98. The van der Waals surface area contributed by atoms with Crippen LogP contribution in [0.1, 0.15) is 5.56 Å². The van der Waals surface area contributed by atoms with Gasteiger partial charge in [-0.3, -0.25) is 0 Å². The molecule has 0 aliphatic rings. The summed E-state index contributed by atoms with van der Waals surface area (Å²) in [5.41, 5.74) is 6.41. The van der Waals surface area contributed by atoms with E-state index in [1.807, 2.05) is 0 Å². The van der Waals surface area contributed by atoms with Gasteiger partial charge < -0.3 is 15.2 Å². The van der Waals surface area contributed by atoms with E-state index in [-0.39, 0.29) is 0 Å². The van der Waals surface area contributed by atoms with Crippen LogP contribution in [0, 0.1) is 6.92 Å². The number of methoxy groups -OCH3 is 1. The number of nitrogen functional groups attached to an aromatic ring is 1. The van der Waals surface area contributed by atoms with Gasteiger partial charge in [-0.15, -0.1) is 0 Å². The summed E-state index contributed by atoms with van der Waals surface area (Å²) >= 11 is 6.83. The number of nitrogens with zero attached hydrogens (tertiary/aromatic N) is 2. The molecular weight excluding hydrogens is 378 g/mol. The standard InChI is InChI=1S/C12H11Br2N3O2/c1-6-11(15)16-5-17-12(6)19-10-4-7(13)9(18-2)3-8(10)14/h3-5H,1-2H3,(H2,15,16,17). The number of anilines is 1. The average Bonchev–Trinajstić information content (AvgIpc) is 2.38. The summed E-state index contributed by atoms with van der Waals surface area (Å²) in [4.78, 5) is 7.96. The fourth-order valence-corrected chi connectivity index (χ4v) is 2.29. The Balaban J connectivity index is 2.38. The normalized spacial score (nSPS) is 10.3. The number of halogens is 2. The molecule has 7 heteroatoms. The van der Waals surface area contributed by atoms with Crippen LogP contribution < -0.4 is 15.2 Å². The lowest BCUT2D eigenvalue weighted by Crippen LogP contribution is -1.99. The molecule has 2 N–H and O–H groups in total. The molecule has 0 spiro atoms. The van der Waals surface area contributed by atoms with Crippen LogP contribution in [0.15, 0.2) is 27.4 Å². The predicted octanol–water partition coefficient (Wildman–Crippen LogP) is 3.69. The lowest BCUT2D eigenvalue weighted by atomic mass is 10.3. The second-order valence-electron chi connectivity index (χ2n) is 3.71. The Labute approximate surface area is 127 Å². The molecule has 0 saturated carbocycles. The van der Waals surface area contributed by atoms with Crippen LogP contribution in [-0.2, 0) is 0 Å². The molecule has 0 aliphatic heterocycles. The number of rotatable bonds is 3. The Kier molecular flexibility index (Phi) is 4.26. The van der Waals surface area contributed by atoms with Gasteiger partial charge >= 0.3 is 0 Å². The fraction of sp³-hybridized carbons (Fsp3) is 0.167. The van der Waals surface area contributed by atoms with E-state index in [1.165, 1.54) is 6.33 Å². The highest BCUT2D eigenvalue weighted by molar-refractivity contribution is 9.11. The van der Waals surface area contributed by atoms with Gasteiger partial charge in [0.2, 0.25) is 5.88 Å². The van der Waals surface area contributed by atoms with Crippen LogP contribution in [0.3, 0.4) is 0 Å². The number of benzene rings is 1. The van der Waals surface area contributed by atoms with Crippen LogP contribution >= 0.6 is 31.9 Å². The maximum Gasteiger partial charge on any atom is 0.227 e. The van der Waals surface area contributed by atoms with Crippen molar-refractivity contribution in [3.8, 4) is 17.4 Å². The summed E-state index contributed by atoms with van der Waals surface area (Å²) in [5.74, 6) is 2.13. The fourth-order valence-electron chi connectivity index (χ4n) is 1.40. The van der Waals surface area contributed by atoms with Gasteiger partial charge in [-0.25, -0.2) is 9.97 Å². The SMILES string of the molecule is COc1cc(Br)c(Oc2ncnc(N)c2C)cc1Br. The van der Waals surface area contributed by atoms with Crippen LogP contribution in [0.4, 0.5) is 5.82 Å². The van der Waals surface area contributed by atoms with Gasteiger partial charge in [0.15, 0.2) is 0 Å². The van der Waals surface area contributed by atoms with E-state index >= 15 is 0 Å². The Morgan fingerprint density at radius 1 is 1.11 bits per heavy atom. The minimum Gasteiger partial charge on any atom is -0.496 e. The van der Waals surface area contributed by atoms with Gasteiger partial charge in [0, 0.05) is 0 Å². The van der Waals surface area contributed by atoms with Crippen molar-refractivity contribution < 1.29 is 9.47 Å². The molecule has 0 unspecified atom stereocenters. The minimum atomic E-state index is 0.397. The summed E-state index contributed by atoms with van der Waals surface area (Å²) < 4.78 is 12.5. The molecule has 5 nitrogen and oxygen atoms in total. The third-order valence-electron chi connectivity index (χ3n) is 2.49. The average molecular weight is 389 g/mol. The first-order valence-electron chi connectivity index (χ1n) is 5.31. The Morgan fingerprint density at radius 3 is 2.42 bits per heavy atom. The number of ether oxygens (including phenoxy) is 2. The molecule has 19 heavy (non-hydrogen) atoms. The van der Waals surface area contributed by atoms with Gasteiger partial charge in [-0.2, -0.15) is 0 Å². The topological polar surface area (TPSA) is 70.3 Å². The third-order valence-corrected chi connectivity index (χ3v) is 3.73. The van der Waals surface area contributed by atoms with Crippen molar-refractivity contribution in [2.75, 3.05) is 12.8 Å². The maximum atomic E-state index is 5.74. The highest BCUT2D eigenvalue weighted by Crippen LogP contribution is 2.38. The highest BCUT2D eigenvalue weighted by atomic mass is 79.9. The van der Waals surface area contributed by atoms with Crippen molar-refractivity contribution in [2.45, 2.75) is 6.92 Å². The summed E-state index contributed by atoms with van der Waals surface area (Å²) in [6.45, 7) is 1.80. The molecule has 1 heterocycles. The maximum absolute atomic E-state index is 5.74. The highest BCUT2D eigenvalue weighted by Gasteiger charge is 2.12. The summed E-state index contributed by atoms with van der Waals surface area (Å²) in [6, 6.07) is 3.60. The molecule has 1 aromatic heterocycles. The predicted molar refractivity (Wildman–Crippen MR) is 79.6 cm³/mol. The van der Waals surface area contributed by atoms with Gasteiger partial charge in [0.05, 0.1) is 21.6 Å². The zero-order valence-corrected chi connectivity index (χ0v) is 13.4. The second-order valence-corrected chi connectivity index (χ2v) is 5.42. The monoisotopic (exact) mass is 387 g/mol. The minimum absolute atomic E-state index is 0.397. The molecule has 0 aliphatic carbocycles. The molecule has 0 bridgehead atoms. The van der Waals surface area contributed by atoms with E-state index in [0.29, 0.717) is 28.8 Å². The van der Waals surface area contributed by atoms with Gasteiger partial charge in [-0.1, -0.05) is 0 Å². The Hall–Kier alpha value is -1.34. The quantitative estimate of drug-likeness (QED) is 0.868. The molecule has 2 rings (SSSR count). The molecule has 100 valence electrons. The molecule has 0 fully saturated rings. The van der Waals surface area contributed by atoms with E-state index in [4.69, 9.17) is 15.2 Å². The first-order chi connectivity index (χ1) is 9.02. The van der Waals surface area contributed by atoms with E-state index in [2.05, 4.69) is 41.8 Å². The van der Waals surface area contributed by atoms with Crippen molar-refractivity contribution in [3.63, 3.8) is 0 Å². The van der Waals surface area contributed by atoms with Crippen molar-refractivity contribution >= 4 is 37.7 Å². The molecule has 0 amide bonds. The zero-order chi connectivity index (χ0) is 14.0. The van der Waals surface area contributed by atoms with Crippen molar-refractivity contribution in [2.24, 2.45) is 0 Å². The van der Waals surface area contributed by atoms with Crippen LogP contribution in [0.2, 0.25) is 0 Å². The first-order valence-corrected chi connectivity index (χ1v) is 6.89. The molecular formula is C12H11Br2N3O2.